The van der Waals surface area contributed by atoms with E-state index in [-0.39, 0.29) is 12.0 Å². The first kappa shape index (κ1) is 18.1. The molecule has 0 radical (unpaired) electrons. The number of hydrogen-bond donors (Lipinski definition) is 0. The van der Waals surface area contributed by atoms with Gasteiger partial charge < -0.3 is 14.4 Å². The van der Waals surface area contributed by atoms with Crippen molar-refractivity contribution < 1.29 is 14.3 Å². The van der Waals surface area contributed by atoms with Gasteiger partial charge in [0.15, 0.2) is 0 Å². The Labute approximate surface area is 166 Å². The molecule has 1 aromatic heterocycles. The molecule has 140 valence electrons. The summed E-state index contributed by atoms with van der Waals surface area (Å²) in [7, 11) is 1.64. The van der Waals surface area contributed by atoms with Crippen LogP contribution in [0, 0.1) is 0 Å². The number of carbonyl (C=O) groups is 1. The summed E-state index contributed by atoms with van der Waals surface area (Å²) in [6.07, 6.45) is 1.60. The number of amides is 1. The fraction of sp³-hybridized carbons (Fsp3) is 0.300. The number of piperidine rings is 1. The number of nitrogens with zero attached hydrogens (tertiary/aromatic N) is 2. The van der Waals surface area contributed by atoms with Crippen LogP contribution in [0.5, 0.6) is 10.9 Å². The van der Waals surface area contributed by atoms with E-state index in [1.807, 2.05) is 35.2 Å². The molecule has 2 aromatic carbocycles. The Morgan fingerprint density at radius 2 is 2.00 bits per heavy atom. The normalized spacial score (nSPS) is 15.1. The van der Waals surface area contributed by atoms with Crippen LogP contribution in [-0.2, 0) is 0 Å². The van der Waals surface area contributed by atoms with Gasteiger partial charge in [0.1, 0.15) is 11.9 Å². The largest absolute Gasteiger partial charge is 0.497 e. The van der Waals surface area contributed by atoms with Crippen molar-refractivity contribution in [3.05, 3.63) is 53.1 Å². The predicted molar refractivity (Wildman–Crippen MR) is 107 cm³/mol. The third-order valence-corrected chi connectivity index (χ3v) is 5.93. The average Bonchev–Trinajstić information content (AvgIpc) is 3.09. The van der Waals surface area contributed by atoms with Gasteiger partial charge in [-0.1, -0.05) is 35.1 Å². The van der Waals surface area contributed by atoms with E-state index in [2.05, 4.69) is 4.98 Å². The quantitative estimate of drug-likeness (QED) is 0.637. The van der Waals surface area contributed by atoms with Crippen LogP contribution in [0.3, 0.4) is 0 Å². The first-order valence-electron chi connectivity index (χ1n) is 8.79. The molecular weight excluding hydrogens is 384 g/mol. The predicted octanol–water partition coefficient (Wildman–Crippen LogP) is 4.64. The molecule has 4 rings (SSSR count). The maximum absolute atomic E-state index is 12.6. The lowest BCUT2D eigenvalue weighted by atomic mass is 10.1. The lowest BCUT2D eigenvalue weighted by Gasteiger charge is -2.31. The zero-order valence-electron chi connectivity index (χ0n) is 14.9. The van der Waals surface area contributed by atoms with Crippen LogP contribution in [0.4, 0.5) is 0 Å². The molecule has 5 nitrogen and oxygen atoms in total. The van der Waals surface area contributed by atoms with Crippen molar-refractivity contribution in [1.29, 1.82) is 0 Å². The van der Waals surface area contributed by atoms with Crippen LogP contribution < -0.4 is 9.47 Å². The smallest absolute Gasteiger partial charge is 0.274 e. The van der Waals surface area contributed by atoms with Gasteiger partial charge in [0.25, 0.3) is 11.1 Å². The molecule has 7 heteroatoms. The number of ether oxygens (including phenoxy) is 2. The standard InChI is InChI=1S/C20H19ClN2O3S/c1-25-14-6-7-18-17(12-14)22-20(27-18)26-13-8-10-23(11-9-13)19(24)15-4-2-3-5-16(15)21/h2-7,12-13H,8-11H2,1H3. The van der Waals surface area contributed by atoms with Gasteiger partial charge in [-0.05, 0) is 24.3 Å². The van der Waals surface area contributed by atoms with E-state index in [1.165, 1.54) is 11.3 Å². The number of thiazole rings is 1. The summed E-state index contributed by atoms with van der Waals surface area (Å²) in [5.41, 5.74) is 1.43. The number of carbonyl (C=O) groups excluding carboxylic acids is 1. The molecule has 0 atom stereocenters. The fourth-order valence-electron chi connectivity index (χ4n) is 3.19. The summed E-state index contributed by atoms with van der Waals surface area (Å²) in [4.78, 5) is 19.0. The van der Waals surface area contributed by atoms with E-state index < -0.39 is 0 Å². The first-order chi connectivity index (χ1) is 13.1. The van der Waals surface area contributed by atoms with Crippen LogP contribution in [-0.4, -0.2) is 42.1 Å². The Morgan fingerprint density at radius 3 is 2.74 bits per heavy atom. The van der Waals surface area contributed by atoms with Gasteiger partial charge in [0.05, 0.1) is 27.9 Å². The number of halogens is 1. The summed E-state index contributed by atoms with van der Waals surface area (Å²) >= 11 is 7.68. The Morgan fingerprint density at radius 1 is 1.22 bits per heavy atom. The number of hydrogen-bond acceptors (Lipinski definition) is 5. The summed E-state index contributed by atoms with van der Waals surface area (Å²) < 4.78 is 12.4. The second-order valence-corrected chi connectivity index (χ2v) is 7.80. The van der Waals surface area contributed by atoms with Gasteiger partial charge in [0, 0.05) is 32.0 Å². The average molecular weight is 403 g/mol. The van der Waals surface area contributed by atoms with Gasteiger partial charge in [0.2, 0.25) is 0 Å². The van der Waals surface area contributed by atoms with Crippen molar-refractivity contribution in [1.82, 2.24) is 9.88 Å². The van der Waals surface area contributed by atoms with Crippen LogP contribution in [0.25, 0.3) is 10.2 Å². The Balaban J connectivity index is 1.38. The lowest BCUT2D eigenvalue weighted by Crippen LogP contribution is -2.41. The van der Waals surface area contributed by atoms with Gasteiger partial charge in [-0.25, -0.2) is 4.98 Å². The number of aromatic nitrogens is 1. The molecule has 3 aromatic rings. The highest BCUT2D eigenvalue weighted by molar-refractivity contribution is 7.20. The minimum absolute atomic E-state index is 0.0221. The van der Waals surface area contributed by atoms with Crippen molar-refractivity contribution in [2.75, 3.05) is 20.2 Å². The van der Waals surface area contributed by atoms with E-state index in [1.54, 1.807) is 19.2 Å². The van der Waals surface area contributed by atoms with Crippen molar-refractivity contribution in [3.8, 4) is 10.9 Å². The monoisotopic (exact) mass is 402 g/mol. The topological polar surface area (TPSA) is 51.7 Å². The molecule has 0 spiro atoms. The molecular formula is C20H19ClN2O3S. The maximum Gasteiger partial charge on any atom is 0.274 e. The van der Waals surface area contributed by atoms with Crippen molar-refractivity contribution in [3.63, 3.8) is 0 Å². The van der Waals surface area contributed by atoms with Gasteiger partial charge in [-0.3, -0.25) is 4.79 Å². The first-order valence-corrected chi connectivity index (χ1v) is 9.98. The molecule has 1 fully saturated rings. The molecule has 1 saturated heterocycles. The molecule has 27 heavy (non-hydrogen) atoms. The maximum atomic E-state index is 12.6. The van der Waals surface area contributed by atoms with Crippen LogP contribution in [0.1, 0.15) is 23.2 Å². The molecule has 0 N–H and O–H groups in total. The van der Waals surface area contributed by atoms with Crippen molar-refractivity contribution in [2.45, 2.75) is 18.9 Å². The third kappa shape index (κ3) is 3.87. The van der Waals surface area contributed by atoms with Gasteiger partial charge in [-0.2, -0.15) is 0 Å². The highest BCUT2D eigenvalue weighted by Crippen LogP contribution is 2.32. The fourth-order valence-corrected chi connectivity index (χ4v) is 4.27. The Hall–Kier alpha value is -2.31. The number of methoxy groups -OCH3 is 1. The molecule has 1 amide bonds. The molecule has 1 aliphatic rings. The highest BCUT2D eigenvalue weighted by atomic mass is 35.5. The summed E-state index contributed by atoms with van der Waals surface area (Å²) in [6, 6.07) is 13.0. The minimum Gasteiger partial charge on any atom is -0.497 e. The molecule has 0 saturated carbocycles. The summed E-state index contributed by atoms with van der Waals surface area (Å²) in [6.45, 7) is 1.29. The molecule has 0 aliphatic carbocycles. The van der Waals surface area contributed by atoms with Gasteiger partial charge in [-0.15, -0.1) is 0 Å². The SMILES string of the molecule is COc1ccc2sc(OC3CCN(C(=O)c4ccccc4Cl)CC3)nc2c1. The van der Waals surface area contributed by atoms with Gasteiger partial charge >= 0.3 is 0 Å². The lowest BCUT2D eigenvalue weighted by molar-refractivity contribution is 0.0595. The van der Waals surface area contributed by atoms with E-state index in [9.17, 15) is 4.79 Å². The zero-order valence-corrected chi connectivity index (χ0v) is 16.4. The third-order valence-electron chi connectivity index (χ3n) is 4.68. The number of rotatable bonds is 4. The van der Waals surface area contributed by atoms with E-state index in [0.717, 1.165) is 28.8 Å². The number of likely N-dealkylation sites (tertiary alicyclic amines) is 1. The van der Waals surface area contributed by atoms with Crippen LogP contribution in [0.2, 0.25) is 5.02 Å². The second kappa shape index (κ2) is 7.74. The van der Waals surface area contributed by atoms with Crippen molar-refractivity contribution in [2.24, 2.45) is 0 Å². The minimum atomic E-state index is -0.0221. The summed E-state index contributed by atoms with van der Waals surface area (Å²) in [5.74, 6) is 0.761. The number of fused-ring (bicyclic) bond motifs is 1. The van der Waals surface area contributed by atoms with E-state index in [0.29, 0.717) is 28.9 Å². The second-order valence-electron chi connectivity index (χ2n) is 6.40. The number of benzene rings is 2. The molecule has 2 heterocycles. The van der Waals surface area contributed by atoms with Crippen molar-refractivity contribution >= 4 is 39.1 Å². The molecule has 1 aliphatic heterocycles. The van der Waals surface area contributed by atoms with E-state index >= 15 is 0 Å². The Bertz CT molecular complexity index is 967. The summed E-state index contributed by atoms with van der Waals surface area (Å²) in [5, 5.41) is 1.15. The van der Waals surface area contributed by atoms with Crippen LogP contribution >= 0.6 is 22.9 Å². The molecule has 0 bridgehead atoms. The van der Waals surface area contributed by atoms with Crippen LogP contribution in [0.15, 0.2) is 42.5 Å². The zero-order chi connectivity index (χ0) is 18.8. The highest BCUT2D eigenvalue weighted by Gasteiger charge is 2.26. The van der Waals surface area contributed by atoms with E-state index in [4.69, 9.17) is 21.1 Å². The Kier molecular flexibility index (Phi) is 5.18. The molecule has 0 unspecified atom stereocenters.